The van der Waals surface area contributed by atoms with Crippen molar-refractivity contribution in [3.05, 3.63) is 35.6 Å². The van der Waals surface area contributed by atoms with E-state index < -0.39 is 5.54 Å². The molecule has 18 heavy (non-hydrogen) atoms. The summed E-state index contributed by atoms with van der Waals surface area (Å²) < 4.78 is 13.1. The van der Waals surface area contributed by atoms with Crippen molar-refractivity contribution < 1.29 is 9.18 Å². The minimum atomic E-state index is -0.485. The SMILES string of the molecule is C[C@H](NC(=O)C1(C)CCCN1)c1cccc(F)c1. The monoisotopic (exact) mass is 250 g/mol. The lowest BCUT2D eigenvalue weighted by Crippen LogP contribution is -2.51. The van der Waals surface area contributed by atoms with Crippen LogP contribution in [0.1, 0.15) is 38.3 Å². The topological polar surface area (TPSA) is 41.1 Å². The normalized spacial score (nSPS) is 24.8. The third-order valence-electron chi connectivity index (χ3n) is 3.57. The summed E-state index contributed by atoms with van der Waals surface area (Å²) >= 11 is 0. The lowest BCUT2D eigenvalue weighted by molar-refractivity contribution is -0.127. The average Bonchev–Trinajstić information content (AvgIpc) is 2.77. The molecule has 1 amide bonds. The van der Waals surface area contributed by atoms with Crippen LogP contribution in [-0.4, -0.2) is 18.0 Å². The molecule has 1 aromatic carbocycles. The number of amides is 1. The molecule has 1 aliphatic rings. The van der Waals surface area contributed by atoms with Crippen molar-refractivity contribution in [1.29, 1.82) is 0 Å². The van der Waals surface area contributed by atoms with Crippen LogP contribution in [-0.2, 0) is 4.79 Å². The Morgan fingerprint density at radius 2 is 2.33 bits per heavy atom. The van der Waals surface area contributed by atoms with Gasteiger partial charge in [0.1, 0.15) is 5.82 Å². The summed E-state index contributed by atoms with van der Waals surface area (Å²) in [5.41, 5.74) is 0.298. The highest BCUT2D eigenvalue weighted by Crippen LogP contribution is 2.21. The van der Waals surface area contributed by atoms with Crippen LogP contribution in [0, 0.1) is 5.82 Å². The van der Waals surface area contributed by atoms with E-state index in [9.17, 15) is 9.18 Å². The molecule has 1 aromatic rings. The second-order valence-corrected chi connectivity index (χ2v) is 5.11. The van der Waals surface area contributed by atoms with Gasteiger partial charge in [-0.1, -0.05) is 12.1 Å². The molecular weight excluding hydrogens is 231 g/mol. The highest BCUT2D eigenvalue weighted by molar-refractivity contribution is 5.86. The summed E-state index contributed by atoms with van der Waals surface area (Å²) in [4.78, 5) is 12.2. The zero-order valence-electron chi connectivity index (χ0n) is 10.8. The van der Waals surface area contributed by atoms with E-state index in [0.29, 0.717) is 0 Å². The van der Waals surface area contributed by atoms with Crippen molar-refractivity contribution in [2.45, 2.75) is 38.3 Å². The molecule has 0 saturated carbocycles. The van der Waals surface area contributed by atoms with Gasteiger partial charge in [0.15, 0.2) is 0 Å². The minimum Gasteiger partial charge on any atom is -0.348 e. The van der Waals surface area contributed by atoms with Crippen molar-refractivity contribution in [2.75, 3.05) is 6.54 Å². The van der Waals surface area contributed by atoms with Gasteiger partial charge in [-0.3, -0.25) is 4.79 Å². The number of rotatable bonds is 3. The first-order valence-corrected chi connectivity index (χ1v) is 6.33. The molecule has 0 spiro atoms. The van der Waals surface area contributed by atoms with Crippen molar-refractivity contribution in [3.8, 4) is 0 Å². The molecule has 2 atom stereocenters. The maximum atomic E-state index is 13.1. The highest BCUT2D eigenvalue weighted by atomic mass is 19.1. The van der Waals surface area contributed by atoms with Crippen LogP contribution in [0.4, 0.5) is 4.39 Å². The van der Waals surface area contributed by atoms with E-state index in [1.165, 1.54) is 12.1 Å². The smallest absolute Gasteiger partial charge is 0.240 e. The van der Waals surface area contributed by atoms with E-state index in [4.69, 9.17) is 0 Å². The van der Waals surface area contributed by atoms with Gasteiger partial charge in [0.05, 0.1) is 11.6 Å². The van der Waals surface area contributed by atoms with Gasteiger partial charge in [-0.15, -0.1) is 0 Å². The fourth-order valence-electron chi connectivity index (χ4n) is 2.30. The summed E-state index contributed by atoms with van der Waals surface area (Å²) in [6, 6.07) is 6.14. The van der Waals surface area contributed by atoms with Gasteiger partial charge in [-0.05, 0) is 50.9 Å². The van der Waals surface area contributed by atoms with Gasteiger partial charge >= 0.3 is 0 Å². The Morgan fingerprint density at radius 1 is 1.56 bits per heavy atom. The van der Waals surface area contributed by atoms with E-state index in [-0.39, 0.29) is 17.8 Å². The third kappa shape index (κ3) is 2.70. The number of hydrogen-bond acceptors (Lipinski definition) is 2. The van der Waals surface area contributed by atoms with Gasteiger partial charge < -0.3 is 10.6 Å². The molecule has 0 radical (unpaired) electrons. The lowest BCUT2D eigenvalue weighted by atomic mass is 9.98. The first-order valence-electron chi connectivity index (χ1n) is 6.33. The molecule has 1 aliphatic heterocycles. The fraction of sp³-hybridized carbons (Fsp3) is 0.500. The van der Waals surface area contributed by atoms with Gasteiger partial charge in [0.2, 0.25) is 5.91 Å². The van der Waals surface area contributed by atoms with Gasteiger partial charge in [0, 0.05) is 0 Å². The lowest BCUT2D eigenvalue weighted by Gasteiger charge is -2.25. The van der Waals surface area contributed by atoms with Crippen LogP contribution >= 0.6 is 0 Å². The molecule has 98 valence electrons. The maximum Gasteiger partial charge on any atom is 0.240 e. The van der Waals surface area contributed by atoms with E-state index >= 15 is 0 Å². The van der Waals surface area contributed by atoms with E-state index in [2.05, 4.69) is 10.6 Å². The van der Waals surface area contributed by atoms with E-state index in [1.54, 1.807) is 6.07 Å². The molecule has 1 saturated heterocycles. The fourth-order valence-corrected chi connectivity index (χ4v) is 2.30. The number of carbonyl (C=O) groups is 1. The van der Waals surface area contributed by atoms with Gasteiger partial charge in [-0.2, -0.15) is 0 Å². The molecule has 1 fully saturated rings. The van der Waals surface area contributed by atoms with E-state index in [1.807, 2.05) is 19.9 Å². The Kier molecular flexibility index (Phi) is 3.66. The Morgan fingerprint density at radius 3 is 2.94 bits per heavy atom. The standard InChI is InChI=1S/C14H19FN2O/c1-10(11-5-3-6-12(15)9-11)17-13(18)14(2)7-4-8-16-14/h3,5-6,9-10,16H,4,7-8H2,1-2H3,(H,17,18)/t10-,14?/m0/s1. The van der Waals surface area contributed by atoms with Crippen LogP contribution in [0.15, 0.2) is 24.3 Å². The molecule has 2 rings (SSSR count). The van der Waals surface area contributed by atoms with Crippen LogP contribution < -0.4 is 10.6 Å². The van der Waals surface area contributed by atoms with Crippen LogP contribution in [0.25, 0.3) is 0 Å². The number of carbonyl (C=O) groups excluding carboxylic acids is 1. The summed E-state index contributed by atoms with van der Waals surface area (Å²) in [6.45, 7) is 4.65. The highest BCUT2D eigenvalue weighted by Gasteiger charge is 2.36. The number of benzene rings is 1. The minimum absolute atomic E-state index is 0.0169. The second-order valence-electron chi connectivity index (χ2n) is 5.11. The predicted molar refractivity (Wildman–Crippen MR) is 68.6 cm³/mol. The third-order valence-corrected chi connectivity index (χ3v) is 3.57. The van der Waals surface area contributed by atoms with Crippen molar-refractivity contribution >= 4 is 5.91 Å². The predicted octanol–water partition coefficient (Wildman–Crippen LogP) is 2.14. The summed E-state index contributed by atoms with van der Waals surface area (Å²) in [5, 5.41) is 6.15. The van der Waals surface area contributed by atoms with Crippen molar-refractivity contribution in [1.82, 2.24) is 10.6 Å². The largest absolute Gasteiger partial charge is 0.348 e. The molecule has 2 N–H and O–H groups in total. The Labute approximate surface area is 107 Å². The number of hydrogen-bond donors (Lipinski definition) is 2. The summed E-state index contributed by atoms with van der Waals surface area (Å²) in [7, 11) is 0. The van der Waals surface area contributed by atoms with Gasteiger partial charge in [0.25, 0.3) is 0 Å². The maximum absolute atomic E-state index is 13.1. The molecular formula is C14H19FN2O. The molecule has 1 heterocycles. The summed E-state index contributed by atoms with van der Waals surface area (Å²) in [5.74, 6) is -0.296. The molecule has 0 aliphatic carbocycles. The molecule has 0 aromatic heterocycles. The molecule has 3 nitrogen and oxygen atoms in total. The Bertz CT molecular complexity index is 441. The van der Waals surface area contributed by atoms with Crippen LogP contribution in [0.5, 0.6) is 0 Å². The number of nitrogens with one attached hydrogen (secondary N) is 2. The van der Waals surface area contributed by atoms with Crippen LogP contribution in [0.2, 0.25) is 0 Å². The van der Waals surface area contributed by atoms with Gasteiger partial charge in [-0.25, -0.2) is 4.39 Å². The first kappa shape index (κ1) is 13.0. The summed E-state index contributed by atoms with van der Waals surface area (Å²) in [6.07, 6.45) is 1.85. The molecule has 4 heteroatoms. The van der Waals surface area contributed by atoms with Crippen molar-refractivity contribution in [3.63, 3.8) is 0 Å². The molecule has 1 unspecified atom stereocenters. The Balaban J connectivity index is 2.03. The Hall–Kier alpha value is -1.42. The molecule has 0 bridgehead atoms. The zero-order valence-corrected chi connectivity index (χ0v) is 10.8. The van der Waals surface area contributed by atoms with E-state index in [0.717, 1.165) is 24.9 Å². The average molecular weight is 250 g/mol. The zero-order chi connectivity index (χ0) is 13.2. The first-order chi connectivity index (χ1) is 8.51. The van der Waals surface area contributed by atoms with Crippen LogP contribution in [0.3, 0.4) is 0 Å². The second kappa shape index (κ2) is 5.06. The van der Waals surface area contributed by atoms with Crippen molar-refractivity contribution in [2.24, 2.45) is 0 Å². The number of halogens is 1. The quantitative estimate of drug-likeness (QED) is 0.863.